The fourth-order valence-corrected chi connectivity index (χ4v) is 2.29. The quantitative estimate of drug-likeness (QED) is 0.728. The first kappa shape index (κ1) is 11.8. The third-order valence-corrected chi connectivity index (χ3v) is 3.32. The van der Waals surface area contributed by atoms with E-state index in [0.717, 1.165) is 0 Å². The number of aromatic nitrogens is 1. The van der Waals surface area contributed by atoms with Gasteiger partial charge in [-0.05, 0) is 36.4 Å². The largest absolute Gasteiger partial charge is 0.454 e. The molecule has 21 heavy (non-hydrogen) atoms. The molecule has 1 N–H and O–H groups in total. The third kappa shape index (κ3) is 1.88. The molecule has 1 aliphatic heterocycles. The Balaban J connectivity index is 1.77. The molecule has 4 rings (SSSR count). The number of carbonyl (C=O) groups is 1. The summed E-state index contributed by atoms with van der Waals surface area (Å²) in [6.07, 6.45) is 0. The predicted molar refractivity (Wildman–Crippen MR) is 72.8 cm³/mol. The summed E-state index contributed by atoms with van der Waals surface area (Å²) in [6.45, 7) is 0.160. The number of fused-ring (bicyclic) bond motifs is 2. The smallest absolute Gasteiger partial charge is 0.417 e. The maximum atomic E-state index is 12.5. The zero-order chi connectivity index (χ0) is 14.4. The molecule has 0 amide bonds. The summed E-state index contributed by atoms with van der Waals surface area (Å²) in [4.78, 5) is 26.1. The van der Waals surface area contributed by atoms with E-state index in [0.29, 0.717) is 33.7 Å². The highest BCUT2D eigenvalue weighted by molar-refractivity contribution is 6.10. The number of H-pyrrole nitrogens is 1. The molecule has 2 heterocycles. The van der Waals surface area contributed by atoms with Gasteiger partial charge in [0.25, 0.3) is 0 Å². The van der Waals surface area contributed by atoms with Gasteiger partial charge in [-0.2, -0.15) is 0 Å². The number of benzene rings is 2. The molecule has 0 radical (unpaired) electrons. The molecule has 3 aromatic rings. The van der Waals surface area contributed by atoms with Crippen molar-refractivity contribution in [2.75, 3.05) is 6.79 Å². The number of nitrogens with one attached hydrogen (secondary N) is 1. The molecule has 1 aromatic heterocycles. The molecule has 0 fully saturated rings. The number of carbonyl (C=O) groups excluding carboxylic acids is 1. The van der Waals surface area contributed by atoms with Gasteiger partial charge in [0.15, 0.2) is 22.9 Å². The molecule has 6 heteroatoms. The van der Waals surface area contributed by atoms with Crippen LogP contribution in [-0.4, -0.2) is 17.6 Å². The maximum absolute atomic E-state index is 12.5. The van der Waals surface area contributed by atoms with Gasteiger partial charge in [-0.3, -0.25) is 9.78 Å². The van der Waals surface area contributed by atoms with Crippen LogP contribution in [0.2, 0.25) is 0 Å². The van der Waals surface area contributed by atoms with Gasteiger partial charge in [-0.15, -0.1) is 0 Å². The van der Waals surface area contributed by atoms with Gasteiger partial charge >= 0.3 is 5.76 Å². The van der Waals surface area contributed by atoms with E-state index in [1.807, 2.05) is 0 Å². The highest BCUT2D eigenvalue weighted by Crippen LogP contribution is 2.33. The average molecular weight is 283 g/mol. The first-order valence-corrected chi connectivity index (χ1v) is 6.28. The molecule has 1 aliphatic rings. The van der Waals surface area contributed by atoms with Gasteiger partial charge in [0.2, 0.25) is 6.79 Å². The minimum atomic E-state index is -0.544. The van der Waals surface area contributed by atoms with E-state index in [9.17, 15) is 9.59 Å². The van der Waals surface area contributed by atoms with Crippen LogP contribution in [-0.2, 0) is 0 Å². The van der Waals surface area contributed by atoms with E-state index in [4.69, 9.17) is 13.9 Å². The van der Waals surface area contributed by atoms with Gasteiger partial charge in [0.1, 0.15) is 0 Å². The van der Waals surface area contributed by atoms with Crippen molar-refractivity contribution >= 4 is 16.9 Å². The Morgan fingerprint density at radius 1 is 1.00 bits per heavy atom. The van der Waals surface area contributed by atoms with Crippen molar-refractivity contribution in [1.82, 2.24) is 4.98 Å². The fraction of sp³-hybridized carbons (Fsp3) is 0.0667. The summed E-state index contributed by atoms with van der Waals surface area (Å²) >= 11 is 0. The second kappa shape index (κ2) is 4.24. The van der Waals surface area contributed by atoms with Crippen LogP contribution in [0.4, 0.5) is 0 Å². The topological polar surface area (TPSA) is 81.5 Å². The normalized spacial score (nSPS) is 12.8. The summed E-state index contributed by atoms with van der Waals surface area (Å²) in [7, 11) is 0. The Morgan fingerprint density at radius 2 is 1.76 bits per heavy atom. The molecule has 0 aliphatic carbocycles. The zero-order valence-corrected chi connectivity index (χ0v) is 10.7. The Morgan fingerprint density at radius 3 is 2.67 bits per heavy atom. The Kier molecular flexibility index (Phi) is 2.38. The van der Waals surface area contributed by atoms with Gasteiger partial charge in [-0.1, -0.05) is 0 Å². The highest BCUT2D eigenvalue weighted by Gasteiger charge is 2.17. The molecule has 0 bridgehead atoms. The maximum Gasteiger partial charge on any atom is 0.417 e. The second-order valence-electron chi connectivity index (χ2n) is 4.62. The van der Waals surface area contributed by atoms with Crippen molar-refractivity contribution in [3.63, 3.8) is 0 Å². The molecular formula is C15H9NO5. The number of oxazole rings is 1. The Hall–Kier alpha value is -3.02. The molecule has 0 saturated heterocycles. The number of ether oxygens (including phenoxy) is 2. The summed E-state index contributed by atoms with van der Waals surface area (Å²) in [5.41, 5.74) is 1.83. The highest BCUT2D eigenvalue weighted by atomic mass is 16.7. The van der Waals surface area contributed by atoms with Crippen LogP contribution in [0.1, 0.15) is 15.9 Å². The van der Waals surface area contributed by atoms with Crippen LogP contribution in [0.15, 0.2) is 45.6 Å². The van der Waals surface area contributed by atoms with Gasteiger partial charge in [-0.25, -0.2) is 4.79 Å². The molecule has 0 spiro atoms. The lowest BCUT2D eigenvalue weighted by molar-refractivity contribution is 0.103. The third-order valence-electron chi connectivity index (χ3n) is 3.32. The lowest BCUT2D eigenvalue weighted by atomic mass is 10.0. The first-order chi connectivity index (χ1) is 10.2. The van der Waals surface area contributed by atoms with E-state index in [2.05, 4.69) is 4.98 Å². The lowest BCUT2D eigenvalue weighted by Crippen LogP contribution is -2.00. The average Bonchev–Trinajstić information content (AvgIpc) is 3.09. The number of rotatable bonds is 2. The molecular weight excluding hydrogens is 274 g/mol. The predicted octanol–water partition coefficient (Wildman–Crippen LogP) is 2.08. The van der Waals surface area contributed by atoms with Crippen molar-refractivity contribution < 1.29 is 18.7 Å². The van der Waals surface area contributed by atoms with E-state index < -0.39 is 5.76 Å². The minimum absolute atomic E-state index is 0.160. The summed E-state index contributed by atoms with van der Waals surface area (Å²) < 4.78 is 15.4. The number of hydrogen-bond donors (Lipinski definition) is 1. The molecule has 2 aromatic carbocycles. The van der Waals surface area contributed by atoms with Crippen LogP contribution in [0.25, 0.3) is 11.1 Å². The standard InChI is InChI=1S/C15H9NO5/c17-14(9-2-4-11-13(6-9)20-7-19-11)8-1-3-10-12(5-8)21-15(18)16-10/h1-6H,7H2,(H,16,18). The van der Waals surface area contributed by atoms with Crippen LogP contribution < -0.4 is 15.2 Å². The van der Waals surface area contributed by atoms with Crippen molar-refractivity contribution in [2.45, 2.75) is 0 Å². The van der Waals surface area contributed by atoms with Crippen molar-refractivity contribution in [1.29, 1.82) is 0 Å². The lowest BCUT2D eigenvalue weighted by Gasteiger charge is -2.02. The Bertz CT molecular complexity index is 921. The van der Waals surface area contributed by atoms with Gasteiger partial charge in [0.05, 0.1) is 5.52 Å². The minimum Gasteiger partial charge on any atom is -0.454 e. The summed E-state index contributed by atoms with van der Waals surface area (Å²) in [6, 6.07) is 9.83. The van der Waals surface area contributed by atoms with Crippen molar-refractivity contribution in [2.24, 2.45) is 0 Å². The van der Waals surface area contributed by atoms with Crippen LogP contribution >= 0.6 is 0 Å². The van der Waals surface area contributed by atoms with Crippen LogP contribution in [0, 0.1) is 0 Å². The molecule has 0 unspecified atom stereocenters. The SMILES string of the molecule is O=C(c1ccc2c(c1)OCO2)c1ccc2[nH]c(=O)oc2c1. The zero-order valence-electron chi connectivity index (χ0n) is 10.7. The van der Waals surface area contributed by atoms with E-state index in [-0.39, 0.29) is 12.6 Å². The number of hydrogen-bond acceptors (Lipinski definition) is 5. The van der Waals surface area contributed by atoms with Crippen LogP contribution in [0.3, 0.4) is 0 Å². The molecule has 0 saturated carbocycles. The van der Waals surface area contributed by atoms with Gasteiger partial charge in [0, 0.05) is 11.1 Å². The first-order valence-electron chi connectivity index (χ1n) is 6.28. The Labute approximate surface area is 117 Å². The van der Waals surface area contributed by atoms with E-state index in [1.165, 1.54) is 0 Å². The van der Waals surface area contributed by atoms with Crippen molar-refractivity contribution in [3.05, 3.63) is 58.1 Å². The molecule has 0 atom stereocenters. The molecule has 6 nitrogen and oxygen atoms in total. The monoisotopic (exact) mass is 283 g/mol. The fourth-order valence-electron chi connectivity index (χ4n) is 2.29. The van der Waals surface area contributed by atoms with Gasteiger partial charge < -0.3 is 13.9 Å². The van der Waals surface area contributed by atoms with E-state index in [1.54, 1.807) is 36.4 Å². The summed E-state index contributed by atoms with van der Waals surface area (Å²) in [5, 5.41) is 0. The van der Waals surface area contributed by atoms with E-state index >= 15 is 0 Å². The molecule has 104 valence electrons. The van der Waals surface area contributed by atoms with Crippen LogP contribution in [0.5, 0.6) is 11.5 Å². The number of ketones is 1. The second-order valence-corrected chi connectivity index (χ2v) is 4.62. The summed E-state index contributed by atoms with van der Waals surface area (Å²) in [5.74, 6) is 0.450. The number of aromatic amines is 1. The van der Waals surface area contributed by atoms with Crippen molar-refractivity contribution in [3.8, 4) is 11.5 Å².